The molecule has 0 aliphatic rings. The average Bonchev–Trinajstić information content (AvgIpc) is 2.29. The summed E-state index contributed by atoms with van der Waals surface area (Å²) in [7, 11) is 0. The van der Waals surface area contributed by atoms with Crippen LogP contribution < -0.4 is 0 Å². The Morgan fingerprint density at radius 2 is 1.76 bits per heavy atom. The van der Waals surface area contributed by atoms with Crippen molar-refractivity contribution < 1.29 is 4.79 Å². The van der Waals surface area contributed by atoms with E-state index in [0.29, 0.717) is 0 Å². The summed E-state index contributed by atoms with van der Waals surface area (Å²) in [5.41, 5.74) is 0.753. The number of halogens is 1. The topological polar surface area (TPSA) is 17.1 Å². The fourth-order valence-corrected chi connectivity index (χ4v) is 2.85. The molecule has 0 heterocycles. The van der Waals surface area contributed by atoms with Crippen LogP contribution in [0.2, 0.25) is 0 Å². The van der Waals surface area contributed by atoms with Crippen molar-refractivity contribution in [3.8, 4) is 0 Å². The molecule has 86 valence electrons. The van der Waals surface area contributed by atoms with Crippen LogP contribution in [-0.2, 0) is 0 Å². The molecule has 0 spiro atoms. The molecular weight excluding hydrogens is 296 g/mol. The van der Waals surface area contributed by atoms with Gasteiger partial charge >= 0.3 is 0 Å². The minimum atomic E-state index is 0.101. The van der Waals surface area contributed by atoms with Gasteiger partial charge in [0.1, 0.15) is 0 Å². The van der Waals surface area contributed by atoms with E-state index >= 15 is 0 Å². The van der Waals surface area contributed by atoms with E-state index in [1.807, 2.05) is 36.4 Å². The first-order valence-electron chi connectivity index (χ1n) is 5.19. The molecule has 0 amide bonds. The summed E-state index contributed by atoms with van der Waals surface area (Å²) in [6.45, 7) is 1.58. The zero-order valence-corrected chi connectivity index (χ0v) is 11.7. The normalized spacial score (nSPS) is 10.2. The van der Waals surface area contributed by atoms with Crippen LogP contribution in [0, 0.1) is 0 Å². The second-order valence-electron chi connectivity index (χ2n) is 3.64. The molecule has 2 aromatic carbocycles. The number of hydrogen-bond acceptors (Lipinski definition) is 2. The van der Waals surface area contributed by atoms with E-state index in [4.69, 9.17) is 0 Å². The lowest BCUT2D eigenvalue weighted by Gasteiger charge is -2.03. The van der Waals surface area contributed by atoms with Gasteiger partial charge in [0.05, 0.1) is 0 Å². The van der Waals surface area contributed by atoms with Crippen molar-refractivity contribution in [3.63, 3.8) is 0 Å². The molecule has 0 fully saturated rings. The van der Waals surface area contributed by atoms with Gasteiger partial charge in [-0.1, -0.05) is 45.9 Å². The Bertz CT molecular complexity index is 534. The molecule has 0 saturated heterocycles. The summed E-state index contributed by atoms with van der Waals surface area (Å²) in [6, 6.07) is 15.8. The molecule has 0 saturated carbocycles. The molecule has 0 radical (unpaired) electrons. The second kappa shape index (κ2) is 5.52. The number of rotatable bonds is 3. The van der Waals surface area contributed by atoms with Crippen molar-refractivity contribution in [1.29, 1.82) is 0 Å². The summed E-state index contributed by atoms with van der Waals surface area (Å²) in [6.07, 6.45) is 0. The van der Waals surface area contributed by atoms with Crippen molar-refractivity contribution in [3.05, 3.63) is 58.6 Å². The van der Waals surface area contributed by atoms with Crippen molar-refractivity contribution in [1.82, 2.24) is 0 Å². The Labute approximate surface area is 113 Å². The number of hydrogen-bond donors (Lipinski definition) is 0. The average molecular weight is 307 g/mol. The van der Waals surface area contributed by atoms with E-state index in [-0.39, 0.29) is 5.78 Å². The molecule has 0 atom stereocenters. The minimum absolute atomic E-state index is 0.101. The highest BCUT2D eigenvalue weighted by atomic mass is 79.9. The molecule has 17 heavy (non-hydrogen) atoms. The van der Waals surface area contributed by atoms with Crippen LogP contribution in [0.25, 0.3) is 0 Å². The van der Waals surface area contributed by atoms with E-state index in [2.05, 4.69) is 28.1 Å². The van der Waals surface area contributed by atoms with Gasteiger partial charge in [0.25, 0.3) is 0 Å². The first-order valence-corrected chi connectivity index (χ1v) is 6.80. The predicted molar refractivity (Wildman–Crippen MR) is 74.7 cm³/mol. The number of ketones is 1. The van der Waals surface area contributed by atoms with Crippen LogP contribution >= 0.6 is 27.7 Å². The van der Waals surface area contributed by atoms with E-state index in [1.54, 1.807) is 18.7 Å². The highest BCUT2D eigenvalue weighted by molar-refractivity contribution is 9.10. The zero-order valence-electron chi connectivity index (χ0n) is 9.31. The van der Waals surface area contributed by atoms with E-state index in [9.17, 15) is 4.79 Å². The van der Waals surface area contributed by atoms with Gasteiger partial charge in [-0.05, 0) is 37.3 Å². The Morgan fingerprint density at radius 3 is 2.35 bits per heavy atom. The lowest BCUT2D eigenvalue weighted by molar-refractivity contribution is 0.101. The molecule has 0 N–H and O–H groups in total. The third-order valence-electron chi connectivity index (χ3n) is 2.29. The molecule has 3 heteroatoms. The predicted octanol–water partition coefficient (Wildman–Crippen LogP) is 4.80. The number of benzene rings is 2. The van der Waals surface area contributed by atoms with Gasteiger partial charge in [-0.15, -0.1) is 0 Å². The van der Waals surface area contributed by atoms with E-state index in [0.717, 1.165) is 14.9 Å². The van der Waals surface area contributed by atoms with Gasteiger partial charge < -0.3 is 0 Å². The summed E-state index contributed by atoms with van der Waals surface area (Å²) in [5.74, 6) is 0.101. The fraction of sp³-hybridized carbons (Fsp3) is 0.0714. The standard InChI is InChI=1S/C14H11BrOS/c1-10(16)11-5-7-13(8-6-11)17-14-4-2-3-12(15)9-14/h2-9H,1H3. The van der Waals surface area contributed by atoms with Crippen LogP contribution in [0.1, 0.15) is 17.3 Å². The Hall–Kier alpha value is -1.06. The lowest BCUT2D eigenvalue weighted by atomic mass is 10.2. The maximum atomic E-state index is 11.1. The molecule has 0 aliphatic heterocycles. The smallest absolute Gasteiger partial charge is 0.159 e. The van der Waals surface area contributed by atoms with Gasteiger partial charge in [0.2, 0.25) is 0 Å². The van der Waals surface area contributed by atoms with E-state index < -0.39 is 0 Å². The second-order valence-corrected chi connectivity index (χ2v) is 5.70. The van der Waals surface area contributed by atoms with Crippen molar-refractivity contribution in [2.45, 2.75) is 16.7 Å². The third kappa shape index (κ3) is 3.45. The number of carbonyl (C=O) groups excluding carboxylic acids is 1. The van der Waals surface area contributed by atoms with Crippen LogP contribution in [0.15, 0.2) is 62.8 Å². The summed E-state index contributed by atoms with van der Waals surface area (Å²) in [4.78, 5) is 13.5. The summed E-state index contributed by atoms with van der Waals surface area (Å²) in [5, 5.41) is 0. The minimum Gasteiger partial charge on any atom is -0.295 e. The van der Waals surface area contributed by atoms with Crippen molar-refractivity contribution >= 4 is 33.5 Å². The van der Waals surface area contributed by atoms with Crippen LogP contribution in [0.3, 0.4) is 0 Å². The van der Waals surface area contributed by atoms with Gasteiger partial charge in [0.15, 0.2) is 5.78 Å². The van der Waals surface area contributed by atoms with Gasteiger partial charge in [0, 0.05) is 19.8 Å². The Kier molecular flexibility index (Phi) is 4.02. The quantitative estimate of drug-likeness (QED) is 0.757. The maximum absolute atomic E-state index is 11.1. The van der Waals surface area contributed by atoms with Crippen LogP contribution in [-0.4, -0.2) is 5.78 Å². The first-order chi connectivity index (χ1) is 8.15. The van der Waals surface area contributed by atoms with Gasteiger partial charge in [-0.3, -0.25) is 4.79 Å². The Morgan fingerprint density at radius 1 is 1.06 bits per heavy atom. The number of carbonyl (C=O) groups is 1. The maximum Gasteiger partial charge on any atom is 0.159 e. The highest BCUT2D eigenvalue weighted by Gasteiger charge is 2.01. The lowest BCUT2D eigenvalue weighted by Crippen LogP contribution is -1.90. The third-order valence-corrected chi connectivity index (χ3v) is 3.78. The molecular formula is C14H11BrOS. The zero-order chi connectivity index (χ0) is 12.3. The van der Waals surface area contributed by atoms with E-state index in [1.165, 1.54) is 4.90 Å². The van der Waals surface area contributed by atoms with Crippen molar-refractivity contribution in [2.24, 2.45) is 0 Å². The number of Topliss-reactive ketones (excluding diaryl/α,β-unsaturated/α-hetero) is 1. The summed E-state index contributed by atoms with van der Waals surface area (Å²) < 4.78 is 1.07. The summed E-state index contributed by atoms with van der Waals surface area (Å²) >= 11 is 5.13. The van der Waals surface area contributed by atoms with Gasteiger partial charge in [-0.25, -0.2) is 0 Å². The van der Waals surface area contributed by atoms with Crippen LogP contribution in [0.5, 0.6) is 0 Å². The molecule has 0 unspecified atom stereocenters. The molecule has 0 aliphatic carbocycles. The first kappa shape index (κ1) is 12.4. The Balaban J connectivity index is 2.16. The fourth-order valence-electron chi connectivity index (χ4n) is 1.42. The molecule has 0 bridgehead atoms. The molecule has 2 rings (SSSR count). The molecule has 1 nitrogen and oxygen atoms in total. The molecule has 2 aromatic rings. The largest absolute Gasteiger partial charge is 0.295 e. The molecule has 0 aromatic heterocycles. The van der Waals surface area contributed by atoms with Crippen molar-refractivity contribution in [2.75, 3.05) is 0 Å². The highest BCUT2D eigenvalue weighted by Crippen LogP contribution is 2.29. The SMILES string of the molecule is CC(=O)c1ccc(Sc2cccc(Br)c2)cc1. The van der Waals surface area contributed by atoms with Crippen LogP contribution in [0.4, 0.5) is 0 Å². The van der Waals surface area contributed by atoms with Gasteiger partial charge in [-0.2, -0.15) is 0 Å². The monoisotopic (exact) mass is 306 g/mol.